The van der Waals surface area contributed by atoms with Crippen LogP contribution in [-0.2, 0) is 0 Å². The monoisotopic (exact) mass is 640 g/mol. The second-order valence-corrected chi connectivity index (χ2v) is 13.0. The second kappa shape index (κ2) is 10.7. The molecule has 0 aliphatic heterocycles. The molecule has 0 unspecified atom stereocenters. The SMILES string of the molecule is C.c1ccc(-n2c3ccccc3c3cc(-c4ccc5c(c4)c4ccccc4n5-c4ccc5cc6c(cc5c4)oc4ccccc46)ccc32)cc1. The summed E-state index contributed by atoms with van der Waals surface area (Å²) in [5.74, 6) is 0. The summed E-state index contributed by atoms with van der Waals surface area (Å²) in [7, 11) is 0. The van der Waals surface area contributed by atoms with Gasteiger partial charge in [-0.3, -0.25) is 0 Å². The Morgan fingerprint density at radius 3 is 1.56 bits per heavy atom. The lowest BCUT2D eigenvalue weighted by Gasteiger charge is -2.10. The van der Waals surface area contributed by atoms with Gasteiger partial charge < -0.3 is 13.6 Å². The van der Waals surface area contributed by atoms with E-state index in [-0.39, 0.29) is 7.43 Å². The normalized spacial score (nSPS) is 11.8. The predicted octanol–water partition coefficient (Wildman–Crippen LogP) is 13.2. The minimum atomic E-state index is 0. The van der Waals surface area contributed by atoms with E-state index >= 15 is 0 Å². The molecule has 3 heterocycles. The minimum Gasteiger partial charge on any atom is -0.456 e. The number of benzene rings is 8. The molecule has 0 amide bonds. The summed E-state index contributed by atoms with van der Waals surface area (Å²) < 4.78 is 11.0. The summed E-state index contributed by atoms with van der Waals surface area (Å²) in [5.41, 5.74) is 11.4. The van der Waals surface area contributed by atoms with Crippen LogP contribution in [0.25, 0.3) is 98.8 Å². The number of nitrogens with zero attached hydrogens (tertiary/aromatic N) is 2. The van der Waals surface area contributed by atoms with Crippen molar-refractivity contribution < 1.29 is 4.42 Å². The fourth-order valence-electron chi connectivity index (χ4n) is 8.03. The highest BCUT2D eigenvalue weighted by Gasteiger charge is 2.17. The third-order valence-corrected chi connectivity index (χ3v) is 10.3. The van der Waals surface area contributed by atoms with Gasteiger partial charge in [0.05, 0.1) is 22.1 Å². The van der Waals surface area contributed by atoms with Crippen molar-refractivity contribution in [2.45, 2.75) is 7.43 Å². The maximum atomic E-state index is 6.25. The van der Waals surface area contributed by atoms with Crippen LogP contribution in [-0.4, -0.2) is 9.13 Å². The van der Waals surface area contributed by atoms with Crippen LogP contribution in [0.5, 0.6) is 0 Å². The molecule has 0 saturated carbocycles. The Balaban J connectivity index is 0.00000316. The van der Waals surface area contributed by atoms with Gasteiger partial charge in [0.15, 0.2) is 0 Å². The number of fused-ring (bicyclic) bond motifs is 10. The summed E-state index contributed by atoms with van der Waals surface area (Å²) in [6, 6.07) is 61.4. The van der Waals surface area contributed by atoms with Gasteiger partial charge in [0.1, 0.15) is 11.2 Å². The zero-order valence-corrected chi connectivity index (χ0v) is 26.5. The molecular weight excluding hydrogens is 609 g/mol. The molecule has 0 spiro atoms. The first-order chi connectivity index (χ1) is 24.3. The van der Waals surface area contributed by atoms with Crippen LogP contribution >= 0.6 is 0 Å². The molecule has 236 valence electrons. The van der Waals surface area contributed by atoms with E-state index < -0.39 is 0 Å². The Morgan fingerprint density at radius 2 is 0.880 bits per heavy atom. The smallest absolute Gasteiger partial charge is 0.136 e. The molecule has 0 fully saturated rings. The van der Waals surface area contributed by atoms with Gasteiger partial charge in [0.25, 0.3) is 0 Å². The van der Waals surface area contributed by atoms with E-state index in [0.29, 0.717) is 0 Å². The minimum absolute atomic E-state index is 0. The van der Waals surface area contributed by atoms with Crippen LogP contribution in [0, 0.1) is 0 Å². The third-order valence-electron chi connectivity index (χ3n) is 10.3. The molecule has 0 bridgehead atoms. The van der Waals surface area contributed by atoms with E-state index in [1.807, 2.05) is 12.1 Å². The largest absolute Gasteiger partial charge is 0.456 e. The predicted molar refractivity (Wildman–Crippen MR) is 212 cm³/mol. The van der Waals surface area contributed by atoms with Crippen molar-refractivity contribution in [3.8, 4) is 22.5 Å². The Morgan fingerprint density at radius 1 is 0.320 bits per heavy atom. The summed E-state index contributed by atoms with van der Waals surface area (Å²) in [5, 5.41) is 9.68. The van der Waals surface area contributed by atoms with E-state index in [1.165, 1.54) is 65.8 Å². The van der Waals surface area contributed by atoms with E-state index in [2.05, 4.69) is 167 Å². The number of para-hydroxylation sites is 4. The lowest BCUT2D eigenvalue weighted by atomic mass is 10.0. The van der Waals surface area contributed by atoms with Gasteiger partial charge in [0, 0.05) is 43.7 Å². The van der Waals surface area contributed by atoms with Crippen molar-refractivity contribution in [1.82, 2.24) is 9.13 Å². The first kappa shape index (κ1) is 28.4. The number of aromatic nitrogens is 2. The van der Waals surface area contributed by atoms with E-state index in [9.17, 15) is 0 Å². The number of rotatable bonds is 3. The molecule has 11 rings (SSSR count). The Hall–Kier alpha value is -6.58. The van der Waals surface area contributed by atoms with Gasteiger partial charge in [-0.25, -0.2) is 0 Å². The zero-order valence-electron chi connectivity index (χ0n) is 26.5. The van der Waals surface area contributed by atoms with Gasteiger partial charge in [-0.2, -0.15) is 0 Å². The summed E-state index contributed by atoms with van der Waals surface area (Å²) in [6.45, 7) is 0. The summed E-state index contributed by atoms with van der Waals surface area (Å²) in [4.78, 5) is 0. The fraction of sp³-hybridized carbons (Fsp3) is 0.0213. The van der Waals surface area contributed by atoms with Gasteiger partial charge in [-0.1, -0.05) is 98.4 Å². The lowest BCUT2D eigenvalue weighted by molar-refractivity contribution is 0.669. The first-order valence-corrected chi connectivity index (χ1v) is 16.8. The Bertz CT molecular complexity index is 3100. The standard InChI is InChI=1S/C46H28N2O.CH4/c1-2-10-33(11-3-1)47-41-15-7-4-12-35(41)38-25-29(19-22-43(38)47)30-20-23-44-39(26-30)36-13-5-8-16-42(36)48(44)34-21-18-31-27-40-37-14-6-9-17-45(37)49-46(40)28-32(31)24-34;/h1-28H;1H4. The quantitative estimate of drug-likeness (QED) is 0.188. The van der Waals surface area contributed by atoms with Crippen molar-refractivity contribution in [2.24, 2.45) is 0 Å². The van der Waals surface area contributed by atoms with Gasteiger partial charge in [0.2, 0.25) is 0 Å². The maximum absolute atomic E-state index is 6.25. The average Bonchev–Trinajstić information content (AvgIpc) is 3.81. The molecule has 3 aromatic heterocycles. The van der Waals surface area contributed by atoms with Crippen molar-refractivity contribution in [3.05, 3.63) is 170 Å². The fourth-order valence-corrected chi connectivity index (χ4v) is 8.03. The highest BCUT2D eigenvalue weighted by Crippen LogP contribution is 2.39. The van der Waals surface area contributed by atoms with Crippen LogP contribution in [0.3, 0.4) is 0 Å². The van der Waals surface area contributed by atoms with Crippen molar-refractivity contribution in [3.63, 3.8) is 0 Å². The molecule has 3 heteroatoms. The van der Waals surface area contributed by atoms with Crippen LogP contribution in [0.15, 0.2) is 174 Å². The topological polar surface area (TPSA) is 23.0 Å². The van der Waals surface area contributed by atoms with E-state index in [1.54, 1.807) is 0 Å². The summed E-state index contributed by atoms with van der Waals surface area (Å²) >= 11 is 0. The molecule has 0 saturated heterocycles. The van der Waals surface area contributed by atoms with Gasteiger partial charge in [-0.05, 0) is 101 Å². The van der Waals surface area contributed by atoms with Gasteiger partial charge in [-0.15, -0.1) is 0 Å². The van der Waals surface area contributed by atoms with Gasteiger partial charge >= 0.3 is 0 Å². The third kappa shape index (κ3) is 4.04. The number of furan rings is 1. The Labute approximate surface area is 288 Å². The van der Waals surface area contributed by atoms with Crippen molar-refractivity contribution >= 4 is 76.3 Å². The van der Waals surface area contributed by atoms with Crippen LogP contribution in [0.1, 0.15) is 7.43 Å². The zero-order chi connectivity index (χ0) is 32.1. The molecule has 8 aromatic carbocycles. The van der Waals surface area contributed by atoms with Crippen molar-refractivity contribution in [1.29, 1.82) is 0 Å². The van der Waals surface area contributed by atoms with Crippen LogP contribution in [0.2, 0.25) is 0 Å². The second-order valence-electron chi connectivity index (χ2n) is 13.0. The average molecular weight is 641 g/mol. The number of hydrogen-bond donors (Lipinski definition) is 0. The van der Waals surface area contributed by atoms with E-state index in [0.717, 1.165) is 33.0 Å². The Kier molecular flexibility index (Phi) is 6.09. The molecule has 0 aliphatic carbocycles. The molecule has 3 nitrogen and oxygen atoms in total. The molecule has 0 radical (unpaired) electrons. The van der Waals surface area contributed by atoms with E-state index in [4.69, 9.17) is 4.42 Å². The molecule has 0 N–H and O–H groups in total. The first-order valence-electron chi connectivity index (χ1n) is 16.8. The van der Waals surface area contributed by atoms with Crippen molar-refractivity contribution in [2.75, 3.05) is 0 Å². The highest BCUT2D eigenvalue weighted by atomic mass is 16.3. The molecule has 0 atom stereocenters. The molecule has 50 heavy (non-hydrogen) atoms. The molecule has 0 aliphatic rings. The molecule has 11 aromatic rings. The highest BCUT2D eigenvalue weighted by molar-refractivity contribution is 6.14. The lowest BCUT2D eigenvalue weighted by Crippen LogP contribution is -1.94. The van der Waals surface area contributed by atoms with Crippen LogP contribution < -0.4 is 0 Å². The maximum Gasteiger partial charge on any atom is 0.136 e. The summed E-state index contributed by atoms with van der Waals surface area (Å²) in [6.07, 6.45) is 0. The number of hydrogen-bond acceptors (Lipinski definition) is 1. The van der Waals surface area contributed by atoms with Crippen LogP contribution in [0.4, 0.5) is 0 Å². The molecular formula is C47H32N2O.